The van der Waals surface area contributed by atoms with Crippen molar-refractivity contribution in [3.63, 3.8) is 0 Å². The lowest BCUT2D eigenvalue weighted by atomic mass is 9.96. The Morgan fingerprint density at radius 2 is 1.94 bits per heavy atom. The Bertz CT molecular complexity index is 1090. The second kappa shape index (κ2) is 11.3. The van der Waals surface area contributed by atoms with Gasteiger partial charge in [0.1, 0.15) is 0 Å². The normalized spacial score (nSPS) is 16.3. The van der Waals surface area contributed by atoms with Crippen LogP contribution in [0.25, 0.3) is 0 Å². The van der Waals surface area contributed by atoms with Gasteiger partial charge in [0, 0.05) is 44.6 Å². The molecule has 0 radical (unpaired) electrons. The number of amides is 2. The number of piperidine rings is 1. The first kappa shape index (κ1) is 24.7. The summed E-state index contributed by atoms with van der Waals surface area (Å²) in [6.45, 7) is 3.76. The fourth-order valence-electron chi connectivity index (χ4n) is 3.91. The molecule has 33 heavy (non-hydrogen) atoms. The second-order valence-electron chi connectivity index (χ2n) is 8.18. The first-order valence-electron chi connectivity index (χ1n) is 11.1. The van der Waals surface area contributed by atoms with Crippen molar-refractivity contribution in [3.8, 4) is 0 Å². The maximum absolute atomic E-state index is 13.1. The summed E-state index contributed by atoms with van der Waals surface area (Å²) in [4.78, 5) is 27.4. The van der Waals surface area contributed by atoms with Crippen molar-refractivity contribution in [1.82, 2.24) is 10.2 Å². The number of methoxy groups -OCH3 is 1. The van der Waals surface area contributed by atoms with Crippen LogP contribution in [0, 0.1) is 12.8 Å². The topological polar surface area (TPSA) is 105 Å². The van der Waals surface area contributed by atoms with Crippen LogP contribution in [-0.4, -0.2) is 58.5 Å². The highest BCUT2D eigenvalue weighted by Crippen LogP contribution is 2.22. The molecule has 1 heterocycles. The number of hydrogen-bond donors (Lipinski definition) is 2. The molecule has 8 nitrogen and oxygen atoms in total. The smallest absolute Gasteiger partial charge is 0.262 e. The predicted molar refractivity (Wildman–Crippen MR) is 127 cm³/mol. The van der Waals surface area contributed by atoms with Crippen LogP contribution in [0.1, 0.15) is 35.2 Å². The molecule has 1 aliphatic heterocycles. The molecule has 0 unspecified atom stereocenters. The van der Waals surface area contributed by atoms with Crippen LogP contribution >= 0.6 is 0 Å². The van der Waals surface area contributed by atoms with Crippen molar-refractivity contribution in [2.24, 2.45) is 5.92 Å². The molecule has 178 valence electrons. The standard InChI is InChI=1S/C24H31N3O5S/c1-18-8-3-4-12-22(18)33(30,31)26-21-11-5-9-19(16-21)24(29)27-14-6-10-20(17-27)23(28)25-13-7-15-32-2/h3-5,8-9,11-12,16,20,26H,6-7,10,13-15,17H2,1-2H3,(H,25,28)/t20-/m1/s1. The Kier molecular flexibility index (Phi) is 8.46. The molecule has 1 atom stereocenters. The summed E-state index contributed by atoms with van der Waals surface area (Å²) in [6.07, 6.45) is 2.21. The third-order valence-electron chi connectivity index (χ3n) is 5.65. The summed E-state index contributed by atoms with van der Waals surface area (Å²) in [5, 5.41) is 2.91. The SMILES string of the molecule is COCCCNC(=O)[C@@H]1CCCN(C(=O)c2cccc(NS(=O)(=O)c3ccccc3C)c2)C1. The minimum absolute atomic E-state index is 0.0525. The predicted octanol–water partition coefficient (Wildman–Crippen LogP) is 2.80. The van der Waals surface area contributed by atoms with Gasteiger partial charge in [0.25, 0.3) is 15.9 Å². The first-order valence-corrected chi connectivity index (χ1v) is 12.5. The Morgan fingerprint density at radius 1 is 1.15 bits per heavy atom. The van der Waals surface area contributed by atoms with Crippen molar-refractivity contribution in [3.05, 3.63) is 59.7 Å². The van der Waals surface area contributed by atoms with E-state index < -0.39 is 10.0 Å². The average Bonchev–Trinajstić information content (AvgIpc) is 2.81. The lowest BCUT2D eigenvalue weighted by molar-refractivity contribution is -0.126. The van der Waals surface area contributed by atoms with Gasteiger partial charge in [0.2, 0.25) is 5.91 Å². The van der Waals surface area contributed by atoms with Gasteiger partial charge in [-0.05, 0) is 56.0 Å². The van der Waals surface area contributed by atoms with Gasteiger partial charge in [0.15, 0.2) is 0 Å². The molecule has 0 bridgehead atoms. The quantitative estimate of drug-likeness (QED) is 0.545. The van der Waals surface area contributed by atoms with Gasteiger partial charge >= 0.3 is 0 Å². The number of aryl methyl sites for hydroxylation is 1. The van der Waals surface area contributed by atoms with E-state index in [-0.39, 0.29) is 22.6 Å². The summed E-state index contributed by atoms with van der Waals surface area (Å²) in [5.41, 5.74) is 1.33. The molecule has 9 heteroatoms. The first-order chi connectivity index (χ1) is 15.8. The van der Waals surface area contributed by atoms with E-state index >= 15 is 0 Å². The zero-order valence-corrected chi connectivity index (χ0v) is 19.9. The summed E-state index contributed by atoms with van der Waals surface area (Å²) in [6, 6.07) is 13.2. The van der Waals surface area contributed by atoms with E-state index in [1.54, 1.807) is 61.4 Å². The number of anilines is 1. The van der Waals surface area contributed by atoms with Gasteiger partial charge < -0.3 is 15.0 Å². The molecule has 0 saturated carbocycles. The number of ether oxygens (including phenoxy) is 1. The third kappa shape index (κ3) is 6.55. The number of nitrogens with one attached hydrogen (secondary N) is 2. The largest absolute Gasteiger partial charge is 0.385 e. The molecule has 2 N–H and O–H groups in total. The van der Waals surface area contributed by atoms with E-state index in [0.717, 1.165) is 19.3 Å². The molecule has 2 aromatic carbocycles. The van der Waals surface area contributed by atoms with Crippen LogP contribution in [0.5, 0.6) is 0 Å². The fourth-order valence-corrected chi connectivity index (χ4v) is 5.21. The van der Waals surface area contributed by atoms with Crippen LogP contribution in [0.15, 0.2) is 53.4 Å². The highest BCUT2D eigenvalue weighted by atomic mass is 32.2. The molecule has 2 amide bonds. The lowest BCUT2D eigenvalue weighted by Crippen LogP contribution is -2.45. The molecule has 1 fully saturated rings. The highest BCUT2D eigenvalue weighted by Gasteiger charge is 2.29. The van der Waals surface area contributed by atoms with Crippen LogP contribution in [-0.2, 0) is 19.6 Å². The molecule has 0 aliphatic carbocycles. The van der Waals surface area contributed by atoms with E-state index in [1.165, 1.54) is 6.07 Å². The number of nitrogens with zero attached hydrogens (tertiary/aromatic N) is 1. The maximum Gasteiger partial charge on any atom is 0.262 e. The number of sulfonamides is 1. The van der Waals surface area contributed by atoms with E-state index in [0.29, 0.717) is 43.1 Å². The number of rotatable bonds is 9. The number of benzene rings is 2. The number of carbonyl (C=O) groups is 2. The maximum atomic E-state index is 13.1. The van der Waals surface area contributed by atoms with E-state index in [1.807, 2.05) is 0 Å². The summed E-state index contributed by atoms with van der Waals surface area (Å²) in [5.74, 6) is -0.528. The Balaban J connectivity index is 1.66. The Labute approximate surface area is 195 Å². The Morgan fingerprint density at radius 3 is 2.70 bits per heavy atom. The summed E-state index contributed by atoms with van der Waals surface area (Å²) >= 11 is 0. The second-order valence-corrected chi connectivity index (χ2v) is 9.83. The van der Waals surface area contributed by atoms with Crippen LogP contribution in [0.4, 0.5) is 5.69 Å². The molecule has 1 saturated heterocycles. The van der Waals surface area contributed by atoms with Gasteiger partial charge in [-0.2, -0.15) is 0 Å². The summed E-state index contributed by atoms with van der Waals surface area (Å²) in [7, 11) is -2.16. The van der Waals surface area contributed by atoms with Crippen molar-refractivity contribution in [1.29, 1.82) is 0 Å². The molecular formula is C24H31N3O5S. The van der Waals surface area contributed by atoms with E-state index in [4.69, 9.17) is 4.74 Å². The fraction of sp³-hybridized carbons (Fsp3) is 0.417. The van der Waals surface area contributed by atoms with E-state index in [9.17, 15) is 18.0 Å². The molecular weight excluding hydrogens is 442 g/mol. The minimum Gasteiger partial charge on any atom is -0.385 e. The van der Waals surface area contributed by atoms with Gasteiger partial charge in [-0.25, -0.2) is 8.42 Å². The van der Waals surface area contributed by atoms with Crippen LogP contribution in [0.2, 0.25) is 0 Å². The number of carbonyl (C=O) groups excluding carboxylic acids is 2. The van der Waals surface area contributed by atoms with Crippen molar-refractivity contribution in [2.45, 2.75) is 31.1 Å². The van der Waals surface area contributed by atoms with Gasteiger partial charge in [-0.3, -0.25) is 14.3 Å². The molecule has 2 aromatic rings. The monoisotopic (exact) mass is 473 g/mol. The molecule has 1 aliphatic rings. The molecule has 0 aromatic heterocycles. The van der Waals surface area contributed by atoms with Crippen molar-refractivity contribution in [2.75, 3.05) is 38.1 Å². The minimum atomic E-state index is -3.78. The van der Waals surface area contributed by atoms with Crippen molar-refractivity contribution < 1.29 is 22.7 Å². The van der Waals surface area contributed by atoms with Gasteiger partial charge in [-0.15, -0.1) is 0 Å². The number of hydrogen-bond acceptors (Lipinski definition) is 5. The van der Waals surface area contributed by atoms with Crippen LogP contribution in [0.3, 0.4) is 0 Å². The lowest BCUT2D eigenvalue weighted by Gasteiger charge is -2.32. The third-order valence-corrected chi connectivity index (χ3v) is 7.19. The van der Waals surface area contributed by atoms with E-state index in [2.05, 4.69) is 10.0 Å². The van der Waals surface area contributed by atoms with Crippen LogP contribution < -0.4 is 10.0 Å². The van der Waals surface area contributed by atoms with Gasteiger partial charge in [0.05, 0.1) is 10.8 Å². The zero-order chi connectivity index (χ0) is 23.8. The molecule has 0 spiro atoms. The van der Waals surface area contributed by atoms with Crippen molar-refractivity contribution >= 4 is 27.5 Å². The summed E-state index contributed by atoms with van der Waals surface area (Å²) < 4.78 is 33.1. The highest BCUT2D eigenvalue weighted by molar-refractivity contribution is 7.92. The Hall–Kier alpha value is -2.91. The average molecular weight is 474 g/mol. The molecule has 3 rings (SSSR count). The van der Waals surface area contributed by atoms with Gasteiger partial charge in [-0.1, -0.05) is 24.3 Å². The zero-order valence-electron chi connectivity index (χ0n) is 19.0. The number of likely N-dealkylation sites (tertiary alicyclic amines) is 1.